The third-order valence-electron chi connectivity index (χ3n) is 7.93. The number of nitrogens with one attached hydrogen (secondary N) is 1. The van der Waals surface area contributed by atoms with Gasteiger partial charge in [0, 0.05) is 32.2 Å². The second-order valence-electron chi connectivity index (χ2n) is 9.96. The molecule has 9 heteroatoms. The molecule has 4 aliphatic heterocycles. The Hall–Kier alpha value is -2.81. The van der Waals surface area contributed by atoms with Gasteiger partial charge in [0.25, 0.3) is 0 Å². The molecule has 0 radical (unpaired) electrons. The van der Waals surface area contributed by atoms with E-state index in [9.17, 15) is 4.79 Å². The lowest BCUT2D eigenvalue weighted by atomic mass is 9.88. The summed E-state index contributed by atoms with van der Waals surface area (Å²) in [6.45, 7) is 10.7. The van der Waals surface area contributed by atoms with E-state index in [4.69, 9.17) is 21.1 Å². The summed E-state index contributed by atoms with van der Waals surface area (Å²) < 4.78 is 11.8. The molecule has 0 unspecified atom stereocenters. The van der Waals surface area contributed by atoms with E-state index in [0.717, 1.165) is 80.6 Å². The number of carbonyl (C=O) groups is 1. The summed E-state index contributed by atoms with van der Waals surface area (Å²) in [6.07, 6.45) is 5.35. The second-order valence-corrected chi connectivity index (χ2v) is 10.4. The predicted octanol–water partition coefficient (Wildman–Crippen LogP) is 3.78. The molecule has 5 heterocycles. The molecule has 3 saturated heterocycles. The molecule has 0 bridgehead atoms. The summed E-state index contributed by atoms with van der Waals surface area (Å²) in [5.41, 5.74) is 4.25. The summed E-state index contributed by atoms with van der Waals surface area (Å²) in [5.74, 6) is 2.18. The zero-order valence-electron chi connectivity index (χ0n) is 20.4. The lowest BCUT2D eigenvalue weighted by Gasteiger charge is -2.47. The van der Waals surface area contributed by atoms with Crippen LogP contribution in [-0.4, -0.2) is 79.2 Å². The quantitative estimate of drug-likeness (QED) is 0.629. The van der Waals surface area contributed by atoms with E-state index in [1.807, 2.05) is 4.90 Å². The first-order valence-electron chi connectivity index (χ1n) is 12.8. The van der Waals surface area contributed by atoms with Crippen molar-refractivity contribution in [3.63, 3.8) is 0 Å². The number of aromatic nitrogens is 1. The van der Waals surface area contributed by atoms with Gasteiger partial charge in [0.05, 0.1) is 41.4 Å². The van der Waals surface area contributed by atoms with E-state index in [1.165, 1.54) is 11.6 Å². The molecule has 8 nitrogen and oxygen atoms in total. The molecule has 6 rings (SSSR count). The van der Waals surface area contributed by atoms with Crippen molar-refractivity contribution in [1.82, 2.24) is 14.8 Å². The van der Waals surface area contributed by atoms with Crippen molar-refractivity contribution in [2.75, 3.05) is 62.7 Å². The highest BCUT2D eigenvalue weighted by Gasteiger charge is 2.36. The Labute approximate surface area is 216 Å². The van der Waals surface area contributed by atoms with Crippen LogP contribution < -0.4 is 15.0 Å². The summed E-state index contributed by atoms with van der Waals surface area (Å²) in [7, 11) is 0. The Morgan fingerprint density at radius 1 is 1.17 bits per heavy atom. The van der Waals surface area contributed by atoms with Crippen LogP contribution in [0.2, 0.25) is 5.02 Å². The minimum atomic E-state index is 0.0382. The molecule has 1 N–H and O–H groups in total. The number of carbonyl (C=O) groups excluding carboxylic acids is 1. The normalized spacial score (nSPS) is 20.9. The number of piperidine rings is 1. The fourth-order valence-electron chi connectivity index (χ4n) is 5.79. The van der Waals surface area contributed by atoms with E-state index in [1.54, 1.807) is 6.20 Å². The van der Waals surface area contributed by atoms with Crippen molar-refractivity contribution in [2.24, 2.45) is 0 Å². The van der Waals surface area contributed by atoms with Gasteiger partial charge in [-0.1, -0.05) is 24.2 Å². The number of fused-ring (bicyclic) bond motifs is 2. The minimum Gasteiger partial charge on any atom is -0.487 e. The minimum absolute atomic E-state index is 0.0382. The molecule has 190 valence electrons. The monoisotopic (exact) mass is 509 g/mol. The fourth-order valence-corrected chi connectivity index (χ4v) is 6.07. The molecule has 36 heavy (non-hydrogen) atoms. The third kappa shape index (κ3) is 4.42. The molecular formula is C27H32ClN5O3. The zero-order chi connectivity index (χ0) is 24.6. The molecule has 0 atom stereocenters. The standard InChI is InChI=1S/C27H32ClN5O3/c1-2-25(34)33-15-20(16-33)31-7-5-18(6-8-31)19-3-4-24-23(13-19)30-27-21(17-36-24)26(22(28)14-29-27)32-9-11-35-12-10-32/h2-4,13-14,18,20H,1,5-12,15-17H2,(H,29,30). The highest BCUT2D eigenvalue weighted by Crippen LogP contribution is 2.42. The van der Waals surface area contributed by atoms with Gasteiger partial charge >= 0.3 is 0 Å². The first-order chi connectivity index (χ1) is 17.6. The Kier molecular flexibility index (Phi) is 6.50. The van der Waals surface area contributed by atoms with Crippen LogP contribution in [0.4, 0.5) is 17.2 Å². The summed E-state index contributed by atoms with van der Waals surface area (Å²) in [4.78, 5) is 23.0. The average molecular weight is 510 g/mol. The summed E-state index contributed by atoms with van der Waals surface area (Å²) in [5, 5.41) is 4.19. The molecule has 0 spiro atoms. The fraction of sp³-hybridized carbons (Fsp3) is 0.481. The highest BCUT2D eigenvalue weighted by molar-refractivity contribution is 6.33. The maximum Gasteiger partial charge on any atom is 0.246 e. The van der Waals surface area contributed by atoms with Gasteiger partial charge in [-0.2, -0.15) is 0 Å². The average Bonchev–Trinajstić information content (AvgIpc) is 3.07. The first-order valence-corrected chi connectivity index (χ1v) is 13.2. The van der Waals surface area contributed by atoms with E-state index in [0.29, 0.717) is 36.8 Å². The molecule has 1 amide bonds. The van der Waals surface area contributed by atoms with E-state index >= 15 is 0 Å². The van der Waals surface area contributed by atoms with Crippen LogP contribution in [0.25, 0.3) is 0 Å². The first kappa shape index (κ1) is 23.6. The zero-order valence-corrected chi connectivity index (χ0v) is 21.2. The number of anilines is 3. The topological polar surface area (TPSA) is 70.2 Å². The number of rotatable bonds is 4. The van der Waals surface area contributed by atoms with Crippen LogP contribution in [0.3, 0.4) is 0 Å². The SMILES string of the molecule is C=CC(=O)N1CC(N2CCC(c3ccc4c(c3)Nc3ncc(Cl)c(N5CCOCC5)c3CO4)CC2)C1. The van der Waals surface area contributed by atoms with Gasteiger partial charge in [0.2, 0.25) is 5.91 Å². The molecule has 2 aromatic rings. The molecule has 0 aliphatic carbocycles. The van der Waals surface area contributed by atoms with Gasteiger partial charge in [-0.3, -0.25) is 9.69 Å². The van der Waals surface area contributed by atoms with Gasteiger partial charge in [0.1, 0.15) is 18.2 Å². The molecule has 4 aliphatic rings. The molecular weight excluding hydrogens is 478 g/mol. The lowest BCUT2D eigenvalue weighted by molar-refractivity contribution is -0.133. The Morgan fingerprint density at radius 2 is 1.94 bits per heavy atom. The third-order valence-corrected chi connectivity index (χ3v) is 8.20. The number of amides is 1. The molecule has 3 fully saturated rings. The van der Waals surface area contributed by atoms with Crippen molar-refractivity contribution in [2.45, 2.75) is 31.4 Å². The lowest BCUT2D eigenvalue weighted by Crippen LogP contribution is -2.61. The van der Waals surface area contributed by atoms with Crippen molar-refractivity contribution >= 4 is 34.7 Å². The Morgan fingerprint density at radius 3 is 2.69 bits per heavy atom. The van der Waals surface area contributed by atoms with E-state index in [2.05, 4.69) is 44.9 Å². The van der Waals surface area contributed by atoms with Crippen LogP contribution in [0, 0.1) is 0 Å². The van der Waals surface area contributed by atoms with Gasteiger partial charge in [-0.25, -0.2) is 4.98 Å². The number of hydrogen-bond acceptors (Lipinski definition) is 7. The van der Waals surface area contributed by atoms with Crippen molar-refractivity contribution < 1.29 is 14.3 Å². The molecule has 1 aromatic heterocycles. The predicted molar refractivity (Wildman–Crippen MR) is 140 cm³/mol. The number of likely N-dealkylation sites (tertiary alicyclic amines) is 2. The number of ether oxygens (including phenoxy) is 2. The number of pyridine rings is 1. The number of halogens is 1. The summed E-state index contributed by atoms with van der Waals surface area (Å²) >= 11 is 6.61. The number of hydrogen-bond donors (Lipinski definition) is 1. The van der Waals surface area contributed by atoms with Gasteiger partial charge in [-0.05, 0) is 55.6 Å². The van der Waals surface area contributed by atoms with Crippen molar-refractivity contribution in [3.05, 3.63) is 53.2 Å². The van der Waals surface area contributed by atoms with Crippen molar-refractivity contribution in [3.8, 4) is 5.75 Å². The second kappa shape index (κ2) is 9.92. The Bertz CT molecular complexity index is 1150. The van der Waals surface area contributed by atoms with Crippen LogP contribution in [0.15, 0.2) is 37.1 Å². The van der Waals surface area contributed by atoms with E-state index in [-0.39, 0.29) is 5.91 Å². The van der Waals surface area contributed by atoms with Gasteiger partial charge in [0.15, 0.2) is 0 Å². The van der Waals surface area contributed by atoms with Gasteiger partial charge < -0.3 is 24.6 Å². The van der Waals surface area contributed by atoms with Crippen LogP contribution >= 0.6 is 11.6 Å². The summed E-state index contributed by atoms with van der Waals surface area (Å²) in [6, 6.07) is 6.99. The van der Waals surface area contributed by atoms with Crippen LogP contribution in [0.1, 0.15) is 29.9 Å². The number of nitrogens with zero attached hydrogens (tertiary/aromatic N) is 4. The maximum atomic E-state index is 11.7. The van der Waals surface area contributed by atoms with Gasteiger partial charge in [-0.15, -0.1) is 0 Å². The maximum absolute atomic E-state index is 11.7. The Balaban J connectivity index is 1.15. The molecule has 1 aromatic carbocycles. The smallest absolute Gasteiger partial charge is 0.246 e. The largest absolute Gasteiger partial charge is 0.487 e. The van der Waals surface area contributed by atoms with Crippen LogP contribution in [0.5, 0.6) is 5.75 Å². The van der Waals surface area contributed by atoms with E-state index < -0.39 is 0 Å². The molecule has 0 saturated carbocycles. The number of benzene rings is 1. The highest BCUT2D eigenvalue weighted by atomic mass is 35.5. The number of morpholine rings is 1. The van der Waals surface area contributed by atoms with Crippen LogP contribution in [-0.2, 0) is 16.1 Å². The van der Waals surface area contributed by atoms with Crippen molar-refractivity contribution in [1.29, 1.82) is 0 Å².